The number of piperidine rings is 1. The van der Waals surface area contributed by atoms with Gasteiger partial charge >= 0.3 is 6.03 Å². The SMILES string of the molecule is Cc1ccc(Cc2nsc(N3CCC(CNC(=O)Nc4cccc(Cl)c4)CC3)n2)cc1. The number of aromatic nitrogens is 2. The highest BCUT2D eigenvalue weighted by Crippen LogP contribution is 2.25. The van der Waals surface area contributed by atoms with Crippen molar-refractivity contribution in [1.29, 1.82) is 0 Å². The lowest BCUT2D eigenvalue weighted by Crippen LogP contribution is -2.39. The van der Waals surface area contributed by atoms with E-state index in [1.165, 1.54) is 22.7 Å². The van der Waals surface area contributed by atoms with Gasteiger partial charge in [-0.1, -0.05) is 47.5 Å². The molecule has 2 heterocycles. The Labute approximate surface area is 191 Å². The van der Waals surface area contributed by atoms with Crippen molar-refractivity contribution in [3.8, 4) is 0 Å². The molecule has 1 fully saturated rings. The van der Waals surface area contributed by atoms with Crippen LogP contribution in [0.3, 0.4) is 0 Å². The quantitative estimate of drug-likeness (QED) is 0.540. The molecule has 0 spiro atoms. The molecule has 31 heavy (non-hydrogen) atoms. The van der Waals surface area contributed by atoms with Crippen LogP contribution in [0.25, 0.3) is 0 Å². The van der Waals surface area contributed by atoms with E-state index in [1.54, 1.807) is 12.1 Å². The number of aryl methyl sites for hydroxylation is 1. The second kappa shape index (κ2) is 10.1. The molecule has 2 aromatic carbocycles. The molecular formula is C23H26ClN5OS. The fraction of sp³-hybridized carbons (Fsp3) is 0.348. The molecule has 6 nitrogen and oxygen atoms in total. The van der Waals surface area contributed by atoms with E-state index in [1.807, 2.05) is 12.1 Å². The molecule has 0 radical (unpaired) electrons. The van der Waals surface area contributed by atoms with E-state index in [0.29, 0.717) is 23.2 Å². The van der Waals surface area contributed by atoms with Crippen LogP contribution >= 0.6 is 23.1 Å². The van der Waals surface area contributed by atoms with Crippen LogP contribution in [0.4, 0.5) is 15.6 Å². The van der Waals surface area contributed by atoms with Gasteiger partial charge in [0.25, 0.3) is 0 Å². The third-order valence-electron chi connectivity index (χ3n) is 5.46. The summed E-state index contributed by atoms with van der Waals surface area (Å²) in [6.45, 7) is 4.62. The van der Waals surface area contributed by atoms with Crippen molar-refractivity contribution in [2.45, 2.75) is 26.2 Å². The molecule has 1 aliphatic heterocycles. The largest absolute Gasteiger partial charge is 0.347 e. The predicted molar refractivity (Wildman–Crippen MR) is 127 cm³/mol. The normalized spacial score (nSPS) is 14.5. The number of carbonyl (C=O) groups excluding carboxylic acids is 1. The number of urea groups is 1. The lowest BCUT2D eigenvalue weighted by molar-refractivity contribution is 0.248. The summed E-state index contributed by atoms with van der Waals surface area (Å²) in [6.07, 6.45) is 2.80. The standard InChI is InChI=1S/C23H26ClN5OS/c1-16-5-7-17(8-6-16)13-21-27-23(31-28-21)29-11-9-18(10-12-29)15-25-22(30)26-20-4-2-3-19(24)14-20/h2-8,14,18H,9-13,15H2,1H3,(H2,25,26,30). The smallest absolute Gasteiger partial charge is 0.319 e. The maximum atomic E-state index is 12.1. The second-order valence-electron chi connectivity index (χ2n) is 7.93. The Morgan fingerprint density at radius 2 is 1.97 bits per heavy atom. The summed E-state index contributed by atoms with van der Waals surface area (Å²) in [6, 6.07) is 15.5. The summed E-state index contributed by atoms with van der Waals surface area (Å²) < 4.78 is 4.55. The first kappa shape index (κ1) is 21.6. The average Bonchev–Trinajstić information content (AvgIpc) is 3.23. The maximum Gasteiger partial charge on any atom is 0.319 e. The van der Waals surface area contributed by atoms with Crippen LogP contribution in [0, 0.1) is 12.8 Å². The molecule has 1 aliphatic rings. The molecule has 2 N–H and O–H groups in total. The van der Waals surface area contributed by atoms with Gasteiger partial charge in [-0.25, -0.2) is 9.78 Å². The van der Waals surface area contributed by atoms with Gasteiger partial charge in [-0.3, -0.25) is 0 Å². The fourth-order valence-electron chi connectivity index (χ4n) is 3.64. The molecule has 0 saturated carbocycles. The van der Waals surface area contributed by atoms with Crippen LogP contribution < -0.4 is 15.5 Å². The summed E-state index contributed by atoms with van der Waals surface area (Å²) in [5.74, 6) is 1.34. The molecule has 8 heteroatoms. The Balaban J connectivity index is 1.21. The van der Waals surface area contributed by atoms with Gasteiger partial charge in [0.1, 0.15) is 5.82 Å². The van der Waals surface area contributed by atoms with Crippen molar-refractivity contribution in [1.82, 2.24) is 14.7 Å². The molecule has 162 valence electrons. The van der Waals surface area contributed by atoms with Crippen LogP contribution in [-0.4, -0.2) is 35.0 Å². The lowest BCUT2D eigenvalue weighted by Gasteiger charge is -2.31. The Bertz CT molecular complexity index is 1010. The van der Waals surface area contributed by atoms with E-state index >= 15 is 0 Å². The minimum absolute atomic E-state index is 0.199. The Morgan fingerprint density at radius 3 is 2.71 bits per heavy atom. The van der Waals surface area contributed by atoms with Crippen molar-refractivity contribution in [2.24, 2.45) is 5.92 Å². The van der Waals surface area contributed by atoms with Crippen LogP contribution in [0.5, 0.6) is 0 Å². The van der Waals surface area contributed by atoms with Gasteiger partial charge in [-0.2, -0.15) is 4.37 Å². The van der Waals surface area contributed by atoms with Crippen molar-refractivity contribution in [3.63, 3.8) is 0 Å². The highest BCUT2D eigenvalue weighted by Gasteiger charge is 2.22. The Morgan fingerprint density at radius 1 is 1.19 bits per heavy atom. The number of anilines is 2. The third-order valence-corrected chi connectivity index (χ3v) is 6.51. The van der Waals surface area contributed by atoms with Crippen molar-refractivity contribution in [2.75, 3.05) is 29.9 Å². The Hall–Kier alpha value is -2.64. The van der Waals surface area contributed by atoms with E-state index in [4.69, 9.17) is 16.6 Å². The first-order chi connectivity index (χ1) is 15.0. The number of amides is 2. The van der Waals surface area contributed by atoms with Gasteiger partial charge in [0.2, 0.25) is 5.13 Å². The predicted octanol–water partition coefficient (Wildman–Crippen LogP) is 5.13. The van der Waals surface area contributed by atoms with E-state index in [2.05, 4.69) is 51.1 Å². The van der Waals surface area contributed by atoms with Crippen LogP contribution in [0.1, 0.15) is 29.8 Å². The lowest BCUT2D eigenvalue weighted by atomic mass is 9.97. The number of halogens is 1. The fourth-order valence-corrected chi connectivity index (χ4v) is 4.57. The molecule has 0 aliphatic carbocycles. The molecule has 1 aromatic heterocycles. The molecule has 2 amide bonds. The Kier molecular flexibility index (Phi) is 7.04. The number of hydrogen-bond acceptors (Lipinski definition) is 5. The number of rotatable bonds is 6. The molecule has 3 aromatic rings. The van der Waals surface area contributed by atoms with E-state index in [-0.39, 0.29) is 6.03 Å². The molecular weight excluding hydrogens is 430 g/mol. The van der Waals surface area contributed by atoms with Gasteiger partial charge in [-0.05, 0) is 49.4 Å². The first-order valence-electron chi connectivity index (χ1n) is 10.5. The van der Waals surface area contributed by atoms with E-state index in [9.17, 15) is 4.79 Å². The molecule has 4 rings (SSSR count). The molecule has 1 saturated heterocycles. The van der Waals surface area contributed by atoms with Crippen LogP contribution in [0.15, 0.2) is 48.5 Å². The van der Waals surface area contributed by atoms with Gasteiger partial charge < -0.3 is 15.5 Å². The number of nitrogens with one attached hydrogen (secondary N) is 2. The summed E-state index contributed by atoms with van der Waals surface area (Å²) >= 11 is 7.43. The summed E-state index contributed by atoms with van der Waals surface area (Å²) in [5, 5.41) is 7.39. The van der Waals surface area contributed by atoms with Crippen LogP contribution in [-0.2, 0) is 6.42 Å². The number of hydrogen-bond donors (Lipinski definition) is 2. The highest BCUT2D eigenvalue weighted by atomic mass is 35.5. The van der Waals surface area contributed by atoms with E-state index in [0.717, 1.165) is 43.3 Å². The monoisotopic (exact) mass is 455 g/mol. The van der Waals surface area contributed by atoms with Gasteiger partial charge in [0.05, 0.1) is 0 Å². The molecule has 0 atom stereocenters. The second-order valence-corrected chi connectivity index (χ2v) is 9.10. The number of benzene rings is 2. The third kappa shape index (κ3) is 6.18. The zero-order chi connectivity index (χ0) is 21.6. The minimum Gasteiger partial charge on any atom is -0.347 e. The van der Waals surface area contributed by atoms with E-state index < -0.39 is 0 Å². The first-order valence-corrected chi connectivity index (χ1v) is 11.6. The zero-order valence-corrected chi connectivity index (χ0v) is 19.0. The van der Waals surface area contributed by atoms with Crippen molar-refractivity contribution in [3.05, 3.63) is 70.5 Å². The van der Waals surface area contributed by atoms with Crippen molar-refractivity contribution >= 4 is 40.0 Å². The highest BCUT2D eigenvalue weighted by molar-refractivity contribution is 7.09. The maximum absolute atomic E-state index is 12.1. The van der Waals surface area contributed by atoms with Gasteiger partial charge in [0.15, 0.2) is 0 Å². The minimum atomic E-state index is -0.199. The van der Waals surface area contributed by atoms with Crippen molar-refractivity contribution < 1.29 is 4.79 Å². The topological polar surface area (TPSA) is 70.2 Å². The summed E-state index contributed by atoms with van der Waals surface area (Å²) in [7, 11) is 0. The number of nitrogens with zero attached hydrogens (tertiary/aromatic N) is 3. The number of carbonyl (C=O) groups is 1. The average molecular weight is 456 g/mol. The zero-order valence-electron chi connectivity index (χ0n) is 17.5. The van der Waals surface area contributed by atoms with Gasteiger partial charge in [-0.15, -0.1) is 0 Å². The molecule has 0 bridgehead atoms. The van der Waals surface area contributed by atoms with Gasteiger partial charge in [0, 0.05) is 48.3 Å². The summed E-state index contributed by atoms with van der Waals surface area (Å²) in [4.78, 5) is 19.2. The summed E-state index contributed by atoms with van der Waals surface area (Å²) in [5.41, 5.74) is 3.18. The molecule has 0 unspecified atom stereocenters. The van der Waals surface area contributed by atoms with Crippen LogP contribution in [0.2, 0.25) is 5.02 Å².